The Morgan fingerprint density at radius 1 is 1.25 bits per heavy atom. The van der Waals surface area contributed by atoms with Crippen molar-refractivity contribution in [3.05, 3.63) is 47.9 Å². The minimum Gasteiger partial charge on any atom is -0.374 e. The second kappa shape index (κ2) is 6.33. The van der Waals surface area contributed by atoms with Crippen LogP contribution in [-0.2, 0) is 17.8 Å². The molecule has 0 aromatic carbocycles. The molecule has 0 saturated carbocycles. The Bertz CT molecular complexity index is 806. The van der Waals surface area contributed by atoms with E-state index in [0.717, 1.165) is 55.8 Å². The second-order valence-electron chi connectivity index (χ2n) is 6.31. The molecule has 126 valence electrons. The van der Waals surface area contributed by atoms with Gasteiger partial charge in [0.1, 0.15) is 17.3 Å². The first-order valence-corrected chi connectivity index (χ1v) is 8.32. The number of fused-ring (bicyclic) bond motifs is 1. The molecule has 7 nitrogen and oxygen atoms in total. The van der Waals surface area contributed by atoms with Gasteiger partial charge in [0.2, 0.25) is 0 Å². The standard InChI is InChI=1S/C17H22N6O/c1-13-18-14(2)23(20-13)12-16-11-21(7-8-24-16)9-15-10-22-6-4-3-5-17(22)19-15/h3-6,10,16H,7-9,11-12H2,1-2H3/t16-/m1/s1. The zero-order valence-electron chi connectivity index (χ0n) is 14.1. The van der Waals surface area contributed by atoms with Crippen molar-refractivity contribution in [3.8, 4) is 0 Å². The van der Waals surface area contributed by atoms with Gasteiger partial charge in [-0.2, -0.15) is 5.10 Å². The summed E-state index contributed by atoms with van der Waals surface area (Å²) in [7, 11) is 0. The Morgan fingerprint density at radius 3 is 2.96 bits per heavy atom. The van der Waals surface area contributed by atoms with Gasteiger partial charge in [0.05, 0.1) is 24.9 Å². The first-order valence-electron chi connectivity index (χ1n) is 8.32. The molecule has 0 N–H and O–H groups in total. The van der Waals surface area contributed by atoms with Crippen molar-refractivity contribution in [3.63, 3.8) is 0 Å². The highest BCUT2D eigenvalue weighted by atomic mass is 16.5. The van der Waals surface area contributed by atoms with E-state index in [0.29, 0.717) is 0 Å². The van der Waals surface area contributed by atoms with Gasteiger partial charge in [-0.05, 0) is 26.0 Å². The summed E-state index contributed by atoms with van der Waals surface area (Å²) in [5.74, 6) is 1.75. The highest BCUT2D eigenvalue weighted by molar-refractivity contribution is 5.39. The van der Waals surface area contributed by atoms with Crippen LogP contribution in [0.15, 0.2) is 30.6 Å². The Kier molecular flexibility index (Phi) is 4.03. The van der Waals surface area contributed by atoms with Gasteiger partial charge in [-0.15, -0.1) is 0 Å². The molecule has 4 rings (SSSR count). The number of hydrogen-bond acceptors (Lipinski definition) is 5. The van der Waals surface area contributed by atoms with Crippen LogP contribution in [0, 0.1) is 13.8 Å². The summed E-state index contributed by atoms with van der Waals surface area (Å²) in [4.78, 5) is 11.4. The predicted octanol–water partition coefficient (Wildman–Crippen LogP) is 1.44. The zero-order chi connectivity index (χ0) is 16.5. The van der Waals surface area contributed by atoms with Crippen LogP contribution < -0.4 is 0 Å². The highest BCUT2D eigenvalue weighted by Gasteiger charge is 2.22. The molecule has 1 aliphatic rings. The van der Waals surface area contributed by atoms with Crippen molar-refractivity contribution in [1.82, 2.24) is 29.0 Å². The lowest BCUT2D eigenvalue weighted by Crippen LogP contribution is -2.44. The van der Waals surface area contributed by atoms with Crippen LogP contribution in [0.2, 0.25) is 0 Å². The van der Waals surface area contributed by atoms with Crippen LogP contribution in [0.4, 0.5) is 0 Å². The quantitative estimate of drug-likeness (QED) is 0.726. The van der Waals surface area contributed by atoms with Gasteiger partial charge in [-0.1, -0.05) is 6.07 Å². The molecule has 7 heteroatoms. The van der Waals surface area contributed by atoms with Crippen LogP contribution in [0.5, 0.6) is 0 Å². The fourth-order valence-electron chi connectivity index (χ4n) is 3.25. The van der Waals surface area contributed by atoms with E-state index >= 15 is 0 Å². The third kappa shape index (κ3) is 3.18. The van der Waals surface area contributed by atoms with Gasteiger partial charge in [0.15, 0.2) is 0 Å². The second-order valence-corrected chi connectivity index (χ2v) is 6.31. The van der Waals surface area contributed by atoms with Gasteiger partial charge in [0.25, 0.3) is 0 Å². The predicted molar refractivity (Wildman–Crippen MR) is 89.7 cm³/mol. The maximum absolute atomic E-state index is 5.92. The summed E-state index contributed by atoms with van der Waals surface area (Å²) in [6, 6.07) is 6.06. The molecule has 1 atom stereocenters. The normalized spacial score (nSPS) is 19.2. The topological polar surface area (TPSA) is 60.5 Å². The van der Waals surface area contributed by atoms with Crippen LogP contribution in [0.3, 0.4) is 0 Å². The zero-order valence-corrected chi connectivity index (χ0v) is 14.1. The molecule has 4 heterocycles. The molecular formula is C17H22N6O. The fraction of sp³-hybridized carbons (Fsp3) is 0.471. The Morgan fingerprint density at radius 2 is 2.17 bits per heavy atom. The lowest BCUT2D eigenvalue weighted by Gasteiger charge is -2.32. The van der Waals surface area contributed by atoms with Crippen molar-refractivity contribution >= 4 is 5.65 Å². The van der Waals surface area contributed by atoms with Gasteiger partial charge >= 0.3 is 0 Å². The van der Waals surface area contributed by atoms with E-state index in [9.17, 15) is 0 Å². The molecule has 0 unspecified atom stereocenters. The molecule has 0 amide bonds. The SMILES string of the molecule is Cc1nc(C)n(C[C@H]2CN(Cc3cn4ccccc4n3)CCO2)n1. The molecule has 1 fully saturated rings. The Balaban J connectivity index is 1.42. The summed E-state index contributed by atoms with van der Waals surface area (Å²) in [6.07, 6.45) is 4.27. The van der Waals surface area contributed by atoms with E-state index in [4.69, 9.17) is 4.74 Å². The van der Waals surface area contributed by atoms with E-state index < -0.39 is 0 Å². The number of nitrogens with zero attached hydrogens (tertiary/aromatic N) is 6. The monoisotopic (exact) mass is 326 g/mol. The Labute approximate surface area is 140 Å². The van der Waals surface area contributed by atoms with Crippen LogP contribution in [-0.4, -0.2) is 54.8 Å². The van der Waals surface area contributed by atoms with E-state index in [-0.39, 0.29) is 6.10 Å². The summed E-state index contributed by atoms with van der Waals surface area (Å²) in [5, 5.41) is 4.43. The molecule has 1 aliphatic heterocycles. The summed E-state index contributed by atoms with van der Waals surface area (Å²) in [5.41, 5.74) is 2.08. The number of imidazole rings is 1. The van der Waals surface area contributed by atoms with Gasteiger partial charge in [-0.25, -0.2) is 14.6 Å². The van der Waals surface area contributed by atoms with E-state index in [2.05, 4.69) is 30.6 Å². The largest absolute Gasteiger partial charge is 0.374 e. The van der Waals surface area contributed by atoms with Crippen molar-refractivity contribution in [2.45, 2.75) is 33.0 Å². The fourth-order valence-corrected chi connectivity index (χ4v) is 3.25. The maximum Gasteiger partial charge on any atom is 0.147 e. The number of morpholine rings is 1. The molecular weight excluding hydrogens is 304 g/mol. The highest BCUT2D eigenvalue weighted by Crippen LogP contribution is 2.13. The van der Waals surface area contributed by atoms with Crippen molar-refractivity contribution in [1.29, 1.82) is 0 Å². The van der Waals surface area contributed by atoms with Crippen LogP contribution in [0.1, 0.15) is 17.3 Å². The first kappa shape index (κ1) is 15.3. The lowest BCUT2D eigenvalue weighted by molar-refractivity contribution is -0.0408. The number of hydrogen-bond donors (Lipinski definition) is 0. The molecule has 3 aromatic rings. The number of ether oxygens (including phenoxy) is 1. The summed E-state index contributed by atoms with van der Waals surface area (Å²) >= 11 is 0. The smallest absolute Gasteiger partial charge is 0.147 e. The molecule has 3 aromatic heterocycles. The van der Waals surface area contributed by atoms with Crippen LogP contribution in [0.25, 0.3) is 5.65 Å². The number of aromatic nitrogens is 5. The molecule has 0 spiro atoms. The molecule has 0 bridgehead atoms. The lowest BCUT2D eigenvalue weighted by atomic mass is 10.2. The Hall–Kier alpha value is -2.25. The number of pyridine rings is 1. The third-order valence-electron chi connectivity index (χ3n) is 4.36. The van der Waals surface area contributed by atoms with Crippen molar-refractivity contribution < 1.29 is 4.74 Å². The van der Waals surface area contributed by atoms with Crippen molar-refractivity contribution in [2.24, 2.45) is 0 Å². The van der Waals surface area contributed by atoms with E-state index in [1.165, 1.54) is 0 Å². The maximum atomic E-state index is 5.92. The van der Waals surface area contributed by atoms with E-state index in [1.807, 2.05) is 42.9 Å². The average Bonchev–Trinajstić information content (AvgIpc) is 3.10. The first-order chi connectivity index (χ1) is 11.7. The van der Waals surface area contributed by atoms with Gasteiger partial charge in [-0.3, -0.25) is 4.90 Å². The number of rotatable bonds is 4. The minimum absolute atomic E-state index is 0.135. The van der Waals surface area contributed by atoms with E-state index in [1.54, 1.807) is 0 Å². The molecule has 1 saturated heterocycles. The summed E-state index contributed by atoms with van der Waals surface area (Å²) in [6.45, 7) is 8.04. The summed E-state index contributed by atoms with van der Waals surface area (Å²) < 4.78 is 9.92. The molecule has 0 radical (unpaired) electrons. The van der Waals surface area contributed by atoms with Crippen molar-refractivity contribution in [2.75, 3.05) is 19.7 Å². The van der Waals surface area contributed by atoms with Gasteiger partial charge in [0, 0.05) is 32.0 Å². The molecule has 24 heavy (non-hydrogen) atoms. The van der Waals surface area contributed by atoms with Crippen LogP contribution >= 0.6 is 0 Å². The van der Waals surface area contributed by atoms with Gasteiger partial charge < -0.3 is 9.14 Å². The molecule has 0 aliphatic carbocycles. The average molecular weight is 326 g/mol. The number of aryl methyl sites for hydroxylation is 2. The third-order valence-corrected chi connectivity index (χ3v) is 4.36. The minimum atomic E-state index is 0.135.